The van der Waals surface area contributed by atoms with E-state index in [1.54, 1.807) is 16.3 Å². The van der Waals surface area contributed by atoms with Gasteiger partial charge in [0.15, 0.2) is 8.07 Å². The van der Waals surface area contributed by atoms with Crippen molar-refractivity contribution < 1.29 is 0 Å². The van der Waals surface area contributed by atoms with E-state index in [2.05, 4.69) is 308 Å². The largest absolute Gasteiger partial charge is 0.310 e. The zero-order chi connectivity index (χ0) is 56.6. The van der Waals surface area contributed by atoms with Crippen LogP contribution < -0.4 is 25.6 Å². The van der Waals surface area contributed by atoms with Crippen molar-refractivity contribution in [2.24, 2.45) is 23.7 Å². The molecular formula is C84H65NSi. The summed E-state index contributed by atoms with van der Waals surface area (Å²) in [5.41, 5.74) is 22.2. The Labute approximate surface area is 507 Å². The third-order valence-corrected chi connectivity index (χ3v) is 26.7. The van der Waals surface area contributed by atoms with Crippen LogP contribution in [0.4, 0.5) is 17.1 Å². The summed E-state index contributed by atoms with van der Waals surface area (Å²) in [6, 6.07) is 117. The minimum atomic E-state index is -3.01. The Morgan fingerprint density at radius 1 is 0.291 bits per heavy atom. The van der Waals surface area contributed by atoms with Crippen LogP contribution in [0.5, 0.6) is 0 Å². The molecule has 0 radical (unpaired) electrons. The molecule has 0 saturated heterocycles. The van der Waals surface area contributed by atoms with E-state index in [4.69, 9.17) is 0 Å². The summed E-state index contributed by atoms with van der Waals surface area (Å²) >= 11 is 0. The first kappa shape index (κ1) is 50.0. The van der Waals surface area contributed by atoms with Crippen molar-refractivity contribution in [3.63, 3.8) is 0 Å². The monoisotopic (exact) mass is 1120 g/mol. The lowest BCUT2D eigenvalue weighted by molar-refractivity contribution is -0.00257. The lowest BCUT2D eigenvalue weighted by Gasteiger charge is -2.55. The summed E-state index contributed by atoms with van der Waals surface area (Å²) in [5.74, 6) is 4.01. The van der Waals surface area contributed by atoms with Crippen molar-refractivity contribution in [3.8, 4) is 33.4 Å². The number of hydrogen-bond acceptors (Lipinski definition) is 1. The maximum Gasteiger partial charge on any atom is 0.180 e. The SMILES string of the molecule is c1ccc(C2(c3ccccc3)c3ccccc3-c3ccc(N(c4cccc([Si]5(c6ccccc6)c6ccccc6-c6c(C7C8CC9CC(C8)CC7C9)cccc65)c4)c4ccc5c(c4)C(c4ccccc4)(c4ccccc4)c4ccccc4-5)cc32)cc1. The molecule has 0 spiro atoms. The van der Waals surface area contributed by atoms with Crippen LogP contribution in [0.15, 0.2) is 303 Å². The summed E-state index contributed by atoms with van der Waals surface area (Å²) in [7, 11) is -3.01. The highest BCUT2D eigenvalue weighted by atomic mass is 28.3. The van der Waals surface area contributed by atoms with Crippen LogP contribution in [0.2, 0.25) is 0 Å². The second kappa shape index (κ2) is 19.3. The summed E-state index contributed by atoms with van der Waals surface area (Å²) in [4.78, 5) is 2.62. The molecule has 4 fully saturated rings. The molecule has 2 heteroatoms. The molecule has 0 N–H and O–H groups in total. The summed E-state index contributed by atoms with van der Waals surface area (Å²) in [6.45, 7) is 0. The third kappa shape index (κ3) is 6.94. The normalized spacial score (nSPS) is 21.6. The van der Waals surface area contributed by atoms with E-state index in [9.17, 15) is 0 Å². The van der Waals surface area contributed by atoms with Crippen molar-refractivity contribution in [2.45, 2.75) is 48.9 Å². The molecular weight excluding hydrogens is 1050 g/mol. The number of anilines is 3. The van der Waals surface area contributed by atoms with Gasteiger partial charge in [0, 0.05) is 17.1 Å². The van der Waals surface area contributed by atoms with Crippen molar-refractivity contribution in [1.29, 1.82) is 0 Å². The zero-order valence-corrected chi connectivity index (χ0v) is 49.2. The number of hydrogen-bond donors (Lipinski definition) is 0. The minimum absolute atomic E-state index is 0.580. The molecule has 6 aliphatic carbocycles. The molecule has 1 nitrogen and oxygen atoms in total. The molecule has 7 aliphatic rings. The Morgan fingerprint density at radius 3 is 1.20 bits per heavy atom. The standard InChI is InChI=1S/C84H65NSi/c1-6-24-60(25-7-1)83(61-26-8-2-9-27-61)75-40-19-16-36-69(75)71-46-44-65(54-77(71)83)85(66-45-47-72-70-37-17-20-41-76(70)84(78(72)55-66,62-28-10-3-11-29-62)63-30-12-4-13-31-63)64-32-22-35-68(53-64)86(67-33-14-5-15-34-67)79-42-21-18-38-73(79)82-74(39-23-43-80(82)86)81-58-49-56-48-57(51-58)52-59(81)50-56/h1-47,53-59,81H,48-52H2. The molecule has 410 valence electrons. The highest BCUT2D eigenvalue weighted by molar-refractivity contribution is 7.22. The van der Waals surface area contributed by atoms with Crippen LogP contribution in [-0.4, -0.2) is 8.07 Å². The van der Waals surface area contributed by atoms with Gasteiger partial charge in [-0.05, 0) is 202 Å². The Morgan fingerprint density at radius 2 is 0.686 bits per heavy atom. The van der Waals surface area contributed by atoms with Crippen LogP contribution in [0.25, 0.3) is 33.4 Å². The highest BCUT2D eigenvalue weighted by Gasteiger charge is 2.54. The van der Waals surface area contributed by atoms with Gasteiger partial charge in [0.05, 0.1) is 10.8 Å². The van der Waals surface area contributed by atoms with E-state index >= 15 is 0 Å². The molecule has 19 rings (SSSR count). The molecule has 1 heterocycles. The van der Waals surface area contributed by atoms with Crippen LogP contribution in [0.1, 0.15) is 88.1 Å². The first-order valence-corrected chi connectivity index (χ1v) is 33.5. The fourth-order valence-corrected chi connectivity index (χ4v) is 24.2. The molecule has 1 atom stereocenters. The Kier molecular flexibility index (Phi) is 11.2. The first-order chi connectivity index (χ1) is 42.6. The van der Waals surface area contributed by atoms with Gasteiger partial charge in [-0.15, -0.1) is 0 Å². The topological polar surface area (TPSA) is 3.24 Å². The molecule has 0 amide bonds. The van der Waals surface area contributed by atoms with Gasteiger partial charge in [0.2, 0.25) is 0 Å². The fraction of sp³-hybridized carbons (Fsp3) is 0.143. The quantitative estimate of drug-likeness (QED) is 0.123. The summed E-state index contributed by atoms with van der Waals surface area (Å²) in [6.07, 6.45) is 7.08. The fourth-order valence-electron chi connectivity index (χ4n) is 19.0. The van der Waals surface area contributed by atoms with Crippen molar-refractivity contribution in [1.82, 2.24) is 0 Å². The zero-order valence-electron chi connectivity index (χ0n) is 48.2. The number of rotatable bonds is 10. The van der Waals surface area contributed by atoms with Crippen molar-refractivity contribution in [2.75, 3.05) is 4.90 Å². The maximum absolute atomic E-state index is 3.01. The molecule has 4 saturated carbocycles. The predicted molar refractivity (Wildman–Crippen MR) is 358 cm³/mol. The van der Waals surface area contributed by atoms with E-state index < -0.39 is 18.9 Å². The Balaban J connectivity index is 0.909. The van der Waals surface area contributed by atoms with Gasteiger partial charge >= 0.3 is 0 Å². The Hall–Kier alpha value is -9.34. The number of fused-ring (bicyclic) bond motifs is 9. The van der Waals surface area contributed by atoms with E-state index in [0.29, 0.717) is 5.92 Å². The molecule has 0 aromatic heterocycles. The molecule has 12 aromatic carbocycles. The smallest absolute Gasteiger partial charge is 0.180 e. The molecule has 4 bridgehead atoms. The Bertz CT molecular complexity index is 4320. The van der Waals surface area contributed by atoms with E-state index in [1.165, 1.54) is 120 Å². The van der Waals surface area contributed by atoms with Gasteiger partial charge in [0.1, 0.15) is 0 Å². The minimum Gasteiger partial charge on any atom is -0.310 e. The number of benzene rings is 12. The van der Waals surface area contributed by atoms with Gasteiger partial charge in [-0.2, -0.15) is 0 Å². The second-order valence-corrected chi connectivity index (χ2v) is 29.5. The van der Waals surface area contributed by atoms with Crippen LogP contribution in [-0.2, 0) is 10.8 Å². The maximum atomic E-state index is 2.63. The van der Waals surface area contributed by atoms with Crippen molar-refractivity contribution >= 4 is 45.9 Å². The van der Waals surface area contributed by atoms with Crippen LogP contribution >= 0.6 is 0 Å². The van der Waals surface area contributed by atoms with Gasteiger partial charge < -0.3 is 4.90 Å². The van der Waals surface area contributed by atoms with Gasteiger partial charge in [0.25, 0.3) is 0 Å². The second-order valence-electron chi connectivity index (χ2n) is 25.8. The van der Waals surface area contributed by atoms with Crippen LogP contribution in [0.3, 0.4) is 0 Å². The van der Waals surface area contributed by atoms with E-state index in [0.717, 1.165) is 40.7 Å². The molecule has 1 aliphatic heterocycles. The van der Waals surface area contributed by atoms with Crippen molar-refractivity contribution in [3.05, 3.63) is 353 Å². The van der Waals surface area contributed by atoms with Gasteiger partial charge in [-0.3, -0.25) is 0 Å². The molecule has 86 heavy (non-hydrogen) atoms. The lowest BCUT2D eigenvalue weighted by atomic mass is 9.50. The van der Waals surface area contributed by atoms with Gasteiger partial charge in [-0.25, -0.2) is 0 Å². The van der Waals surface area contributed by atoms with E-state index in [-0.39, 0.29) is 0 Å². The number of nitrogens with zero attached hydrogens (tertiary/aromatic N) is 1. The lowest BCUT2D eigenvalue weighted by Crippen LogP contribution is -2.72. The third-order valence-electron chi connectivity index (χ3n) is 21.8. The average Bonchev–Trinajstić information content (AvgIpc) is 1.61. The summed E-state index contributed by atoms with van der Waals surface area (Å²) < 4.78 is 0. The predicted octanol–water partition coefficient (Wildman–Crippen LogP) is 17.8. The molecule has 12 aromatic rings. The highest BCUT2D eigenvalue weighted by Crippen LogP contribution is 2.62. The first-order valence-electron chi connectivity index (χ1n) is 31.5. The van der Waals surface area contributed by atoms with E-state index in [1.807, 2.05) is 0 Å². The summed E-state index contributed by atoms with van der Waals surface area (Å²) in [5, 5.41) is 5.91. The molecule has 1 unspecified atom stereocenters. The average molecular weight is 1120 g/mol. The van der Waals surface area contributed by atoms with Crippen LogP contribution in [0, 0.1) is 23.7 Å². The van der Waals surface area contributed by atoms with Gasteiger partial charge in [-0.1, -0.05) is 267 Å².